The van der Waals surface area contributed by atoms with E-state index in [1.807, 2.05) is 0 Å². The highest BCUT2D eigenvalue weighted by Crippen LogP contribution is 2.26. The highest BCUT2D eigenvalue weighted by molar-refractivity contribution is 7.84. The molecule has 1 aromatic carbocycles. The van der Waals surface area contributed by atoms with Crippen LogP contribution in [0.5, 0.6) is 0 Å². The molecule has 0 aliphatic rings. The number of aromatic carboxylic acids is 1. The number of ether oxygens (including phenoxy) is 1. The fourth-order valence-corrected chi connectivity index (χ4v) is 3.09. The Morgan fingerprint density at radius 3 is 2.85 bits per heavy atom. The van der Waals surface area contributed by atoms with E-state index in [-0.39, 0.29) is 17.1 Å². The van der Waals surface area contributed by atoms with Crippen molar-refractivity contribution in [2.24, 2.45) is 0 Å². The van der Waals surface area contributed by atoms with Crippen LogP contribution >= 0.6 is 0 Å². The van der Waals surface area contributed by atoms with Crippen LogP contribution in [0, 0.1) is 0 Å². The van der Waals surface area contributed by atoms with Gasteiger partial charge in [-0.1, -0.05) is 18.2 Å². The topological polar surface area (TPSA) is 76.7 Å². The molecule has 2 aromatic rings. The van der Waals surface area contributed by atoms with Gasteiger partial charge in [0, 0.05) is 35.7 Å². The molecule has 0 saturated carbocycles. The molecular formula is C14H16O5S. The molecule has 2 rings (SSSR count). The number of carboxylic acid groups (broad SMARTS) is 1. The zero-order valence-electron chi connectivity index (χ0n) is 11.1. The van der Waals surface area contributed by atoms with E-state index in [1.165, 1.54) is 0 Å². The van der Waals surface area contributed by atoms with E-state index in [1.54, 1.807) is 31.4 Å². The average Bonchev–Trinajstić information content (AvgIpc) is 2.76. The SMILES string of the molecule is COCCCS(=O)Cc1oc2ccccc2c1C(=O)O. The van der Waals surface area contributed by atoms with E-state index < -0.39 is 16.8 Å². The first-order chi connectivity index (χ1) is 9.63. The van der Waals surface area contributed by atoms with Crippen LogP contribution in [0.2, 0.25) is 0 Å². The van der Waals surface area contributed by atoms with E-state index in [9.17, 15) is 14.1 Å². The van der Waals surface area contributed by atoms with Crippen LogP contribution in [0.15, 0.2) is 28.7 Å². The molecule has 0 amide bonds. The number of rotatable bonds is 7. The Kier molecular flexibility index (Phi) is 4.92. The Morgan fingerprint density at radius 2 is 2.15 bits per heavy atom. The molecule has 6 heteroatoms. The van der Waals surface area contributed by atoms with Gasteiger partial charge in [0.25, 0.3) is 0 Å². The van der Waals surface area contributed by atoms with E-state index in [4.69, 9.17) is 9.15 Å². The van der Waals surface area contributed by atoms with Crippen molar-refractivity contribution in [1.29, 1.82) is 0 Å². The van der Waals surface area contributed by atoms with Gasteiger partial charge >= 0.3 is 5.97 Å². The van der Waals surface area contributed by atoms with Crippen molar-refractivity contribution in [1.82, 2.24) is 0 Å². The fraction of sp³-hybridized carbons (Fsp3) is 0.357. The van der Waals surface area contributed by atoms with Crippen LogP contribution in [0.3, 0.4) is 0 Å². The normalized spacial score (nSPS) is 12.7. The number of para-hydroxylation sites is 1. The molecule has 0 aliphatic carbocycles. The van der Waals surface area contributed by atoms with E-state index >= 15 is 0 Å². The van der Waals surface area contributed by atoms with Crippen molar-refractivity contribution < 1.29 is 23.3 Å². The predicted octanol–water partition coefficient (Wildman–Crippen LogP) is 2.42. The molecule has 1 N–H and O–H groups in total. The molecule has 0 bridgehead atoms. The molecule has 1 heterocycles. The number of carboxylic acids is 1. The zero-order valence-corrected chi connectivity index (χ0v) is 11.9. The third-order valence-electron chi connectivity index (χ3n) is 2.89. The van der Waals surface area contributed by atoms with E-state index in [0.29, 0.717) is 29.7 Å². The number of hydrogen-bond donors (Lipinski definition) is 1. The fourth-order valence-electron chi connectivity index (χ4n) is 2.01. The lowest BCUT2D eigenvalue weighted by Crippen LogP contribution is -2.06. The van der Waals surface area contributed by atoms with Crippen molar-refractivity contribution in [3.63, 3.8) is 0 Å². The van der Waals surface area contributed by atoms with Gasteiger partial charge in [0.15, 0.2) is 0 Å². The first-order valence-corrected chi connectivity index (χ1v) is 7.70. The monoisotopic (exact) mass is 296 g/mol. The lowest BCUT2D eigenvalue weighted by atomic mass is 10.1. The summed E-state index contributed by atoms with van der Waals surface area (Å²) in [5, 5.41) is 9.85. The second-order valence-corrected chi connectivity index (χ2v) is 5.91. The van der Waals surface area contributed by atoms with Crippen LogP contribution in [0.4, 0.5) is 0 Å². The Balaban J connectivity index is 2.23. The number of carbonyl (C=O) groups is 1. The first kappa shape index (κ1) is 14.7. The first-order valence-electron chi connectivity index (χ1n) is 6.21. The maximum Gasteiger partial charge on any atom is 0.339 e. The van der Waals surface area contributed by atoms with Crippen molar-refractivity contribution in [3.8, 4) is 0 Å². The second kappa shape index (κ2) is 6.67. The van der Waals surface area contributed by atoms with Crippen LogP contribution in [0.1, 0.15) is 22.5 Å². The lowest BCUT2D eigenvalue weighted by Gasteiger charge is -2.01. The second-order valence-electron chi connectivity index (χ2n) is 4.34. The van der Waals surface area contributed by atoms with Gasteiger partial charge in [-0.15, -0.1) is 0 Å². The quantitative estimate of drug-likeness (QED) is 0.794. The van der Waals surface area contributed by atoms with Crippen LogP contribution in [-0.4, -0.2) is 34.8 Å². The minimum Gasteiger partial charge on any atom is -0.478 e. The maximum absolute atomic E-state index is 11.9. The summed E-state index contributed by atoms with van der Waals surface area (Å²) >= 11 is 0. The molecule has 1 atom stereocenters. The molecule has 0 saturated heterocycles. The van der Waals surface area contributed by atoms with Gasteiger partial charge in [-0.05, 0) is 12.5 Å². The molecule has 5 nitrogen and oxygen atoms in total. The van der Waals surface area contributed by atoms with E-state index in [2.05, 4.69) is 0 Å². The molecule has 0 fully saturated rings. The Hall–Kier alpha value is -1.66. The minimum atomic E-state index is -1.16. The Labute approximate surface area is 119 Å². The van der Waals surface area contributed by atoms with Crippen molar-refractivity contribution in [3.05, 3.63) is 35.6 Å². The third-order valence-corrected chi connectivity index (χ3v) is 4.22. The average molecular weight is 296 g/mol. The molecular weight excluding hydrogens is 280 g/mol. The van der Waals surface area contributed by atoms with E-state index in [0.717, 1.165) is 0 Å². The van der Waals surface area contributed by atoms with Crippen molar-refractivity contribution in [2.45, 2.75) is 12.2 Å². The molecule has 0 spiro atoms. The Morgan fingerprint density at radius 1 is 1.40 bits per heavy atom. The molecule has 1 unspecified atom stereocenters. The van der Waals surface area contributed by atoms with Gasteiger partial charge in [0.05, 0.1) is 5.75 Å². The molecule has 0 aliphatic heterocycles. The van der Waals surface area contributed by atoms with Crippen LogP contribution in [-0.2, 0) is 21.3 Å². The smallest absolute Gasteiger partial charge is 0.339 e. The van der Waals surface area contributed by atoms with Gasteiger partial charge in [-0.3, -0.25) is 4.21 Å². The van der Waals surface area contributed by atoms with Gasteiger partial charge < -0.3 is 14.3 Å². The van der Waals surface area contributed by atoms with Crippen LogP contribution in [0.25, 0.3) is 11.0 Å². The summed E-state index contributed by atoms with van der Waals surface area (Å²) in [4.78, 5) is 11.4. The molecule has 108 valence electrons. The molecule has 20 heavy (non-hydrogen) atoms. The summed E-state index contributed by atoms with van der Waals surface area (Å²) in [6.45, 7) is 0.539. The molecule has 0 radical (unpaired) electrons. The number of hydrogen-bond acceptors (Lipinski definition) is 4. The van der Waals surface area contributed by atoms with Crippen molar-refractivity contribution in [2.75, 3.05) is 19.5 Å². The van der Waals surface area contributed by atoms with Gasteiger partial charge in [0.2, 0.25) is 0 Å². The van der Waals surface area contributed by atoms with Gasteiger partial charge in [-0.25, -0.2) is 4.79 Å². The largest absolute Gasteiger partial charge is 0.478 e. The highest BCUT2D eigenvalue weighted by Gasteiger charge is 2.21. The zero-order chi connectivity index (χ0) is 14.5. The number of furan rings is 1. The summed E-state index contributed by atoms with van der Waals surface area (Å²) in [7, 11) is 0.425. The third kappa shape index (κ3) is 3.26. The summed E-state index contributed by atoms with van der Waals surface area (Å²) < 4.78 is 22.4. The number of benzene rings is 1. The Bertz CT molecular complexity index is 632. The summed E-state index contributed by atoms with van der Waals surface area (Å²) in [5.74, 6) is -0.211. The summed E-state index contributed by atoms with van der Waals surface area (Å²) in [6.07, 6.45) is 0.672. The summed E-state index contributed by atoms with van der Waals surface area (Å²) in [6, 6.07) is 6.93. The highest BCUT2D eigenvalue weighted by atomic mass is 32.2. The predicted molar refractivity (Wildman–Crippen MR) is 76.4 cm³/mol. The molecule has 1 aromatic heterocycles. The van der Waals surface area contributed by atoms with Crippen LogP contribution < -0.4 is 0 Å². The van der Waals surface area contributed by atoms with Crippen molar-refractivity contribution >= 4 is 27.7 Å². The maximum atomic E-state index is 11.9. The minimum absolute atomic E-state index is 0.111. The number of methoxy groups -OCH3 is 1. The lowest BCUT2D eigenvalue weighted by molar-refractivity contribution is 0.0697. The number of fused-ring (bicyclic) bond motifs is 1. The van der Waals surface area contributed by atoms with Gasteiger partial charge in [-0.2, -0.15) is 0 Å². The summed E-state index contributed by atoms with van der Waals surface area (Å²) in [5.41, 5.74) is 0.620. The standard InChI is InChI=1S/C14H16O5S/c1-18-7-4-8-20(17)9-12-13(14(15)16)10-5-2-3-6-11(10)19-12/h2-3,5-6H,4,7-9H2,1H3,(H,15,16). The van der Waals surface area contributed by atoms with Gasteiger partial charge in [0.1, 0.15) is 16.9 Å².